The highest BCUT2D eigenvalue weighted by atomic mass is 127. The fourth-order valence-corrected chi connectivity index (χ4v) is 4.56. The van der Waals surface area contributed by atoms with Gasteiger partial charge in [-0.15, -0.1) is 0 Å². The summed E-state index contributed by atoms with van der Waals surface area (Å²) >= 11 is -0.456. The minimum atomic E-state index is -8.37. The fourth-order valence-electron chi connectivity index (χ4n) is 2.34. The maximum Gasteiger partial charge on any atom is 0.455 e. The fraction of sp³-hybridized carbons (Fsp3) is 1.00. The Balaban J connectivity index is 4.51. The monoisotopic (exact) mass is 588 g/mol. The van der Waals surface area contributed by atoms with Crippen molar-refractivity contribution < 1.29 is 76.8 Å². The third-order valence-corrected chi connectivity index (χ3v) is 6.82. The molecule has 0 radical (unpaired) electrons. The van der Waals surface area contributed by atoms with E-state index in [-0.39, 0.29) is 0 Å². The van der Waals surface area contributed by atoms with Gasteiger partial charge >= 0.3 is 56.6 Å². The quantitative estimate of drug-likeness (QED) is 0.352. The summed E-state index contributed by atoms with van der Waals surface area (Å²) < 4.78 is 217. The Morgan fingerprint density at radius 3 is 1.07 bits per heavy atom. The second kappa shape index (κ2) is 5.84. The van der Waals surface area contributed by atoms with Gasteiger partial charge in [0.2, 0.25) is 0 Å². The van der Waals surface area contributed by atoms with Gasteiger partial charge in [0.15, 0.2) is 0 Å². The summed E-state index contributed by atoms with van der Waals surface area (Å²) in [5, 5.41) is 0. The number of alkyl halides is 15. The number of hydrogen-bond acceptors (Lipinski definition) is 3. The first kappa shape index (κ1) is 25.6. The molecule has 0 atom stereocenters. The molecule has 0 N–H and O–H groups in total. The molecule has 168 valence electrons. The van der Waals surface area contributed by atoms with Gasteiger partial charge in [0.05, 0.1) is 0 Å². The lowest BCUT2D eigenvalue weighted by Crippen LogP contribution is -2.91. The highest BCUT2D eigenvalue weighted by Crippen LogP contribution is 2.74. The van der Waals surface area contributed by atoms with E-state index in [1.165, 1.54) is 0 Å². The largest absolute Gasteiger partial charge is 0.455 e. The Morgan fingerprint density at radius 2 is 0.857 bits per heavy atom. The van der Waals surface area contributed by atoms with E-state index in [1.54, 1.807) is 0 Å². The maximum absolute atomic E-state index is 13.9. The summed E-state index contributed by atoms with van der Waals surface area (Å²) in [5.74, 6) is -49.4. The Kier molecular flexibility index (Phi) is 5.35. The first-order valence-electron chi connectivity index (χ1n) is 5.69. The van der Waals surface area contributed by atoms with Crippen LogP contribution >= 0.6 is 23.0 Å². The van der Waals surface area contributed by atoms with Gasteiger partial charge in [-0.25, -0.2) is 0 Å². The van der Waals surface area contributed by atoms with Crippen molar-refractivity contribution in [2.24, 2.45) is 0 Å². The molecular formula is C8F15IO3S. The molecule has 0 saturated heterocycles. The van der Waals surface area contributed by atoms with Gasteiger partial charge in [-0.3, -0.25) is 0 Å². The van der Waals surface area contributed by atoms with E-state index >= 15 is 0 Å². The first-order valence-corrected chi connectivity index (χ1v) is 7.98. The summed E-state index contributed by atoms with van der Waals surface area (Å²) in [7, 11) is -8.21. The molecule has 0 aromatic heterocycles. The van der Waals surface area contributed by atoms with Crippen LogP contribution in [-0.4, -0.2) is 54.9 Å². The molecule has 0 heterocycles. The van der Waals surface area contributed by atoms with Crippen molar-refractivity contribution in [1.29, 1.82) is 0 Å². The lowest BCUT2D eigenvalue weighted by Gasteiger charge is -2.56. The van der Waals surface area contributed by atoms with Crippen molar-refractivity contribution >= 4 is 33.1 Å². The van der Waals surface area contributed by atoms with E-state index in [4.69, 9.17) is 0 Å². The molecule has 28 heavy (non-hydrogen) atoms. The zero-order chi connectivity index (χ0) is 23.2. The third kappa shape index (κ3) is 2.21. The van der Waals surface area contributed by atoms with Crippen LogP contribution in [0.15, 0.2) is 0 Å². The molecule has 0 bridgehead atoms. The summed E-state index contributed by atoms with van der Waals surface area (Å²) in [6, 6.07) is 0. The Bertz CT molecular complexity index is 724. The number of halogens is 16. The van der Waals surface area contributed by atoms with E-state index in [0.29, 0.717) is 0 Å². The van der Waals surface area contributed by atoms with Crippen LogP contribution in [0.4, 0.5) is 65.9 Å². The van der Waals surface area contributed by atoms with Crippen LogP contribution in [0.25, 0.3) is 0 Å². The van der Waals surface area contributed by atoms with Crippen LogP contribution in [-0.2, 0) is 12.6 Å². The molecule has 3 nitrogen and oxygen atoms in total. The van der Waals surface area contributed by atoms with E-state index in [0.717, 1.165) is 0 Å². The van der Waals surface area contributed by atoms with Crippen LogP contribution < -0.4 is 0 Å². The van der Waals surface area contributed by atoms with Crippen LogP contribution in [0.1, 0.15) is 0 Å². The maximum atomic E-state index is 13.9. The zero-order valence-electron chi connectivity index (χ0n) is 11.7. The van der Waals surface area contributed by atoms with Crippen molar-refractivity contribution in [3.63, 3.8) is 0 Å². The van der Waals surface area contributed by atoms with Gasteiger partial charge in [-0.2, -0.15) is 76.8 Å². The topological polar surface area (TPSA) is 43.4 Å². The highest BCUT2D eigenvalue weighted by Gasteiger charge is 3.09. The van der Waals surface area contributed by atoms with Crippen molar-refractivity contribution in [1.82, 2.24) is 0 Å². The summed E-state index contributed by atoms with van der Waals surface area (Å²) in [5.41, 5.74) is 0. The molecule has 0 aromatic carbocycles. The molecule has 1 aliphatic carbocycles. The SMILES string of the molecule is O=S(=O)(OI)C1(C(F)(F)C(F)(F)F)C(F)(F)C(F)(F)C(F)(F)C(F)(F)C1(F)F. The number of hydrogen-bond donors (Lipinski definition) is 0. The first-order chi connectivity index (χ1) is 11.8. The van der Waals surface area contributed by atoms with E-state index in [9.17, 15) is 74.3 Å². The predicted octanol–water partition coefficient (Wildman–Crippen LogP) is 4.81. The lowest BCUT2D eigenvalue weighted by molar-refractivity contribution is -0.483. The normalized spacial score (nSPS) is 28.0. The summed E-state index contributed by atoms with van der Waals surface area (Å²) in [6.45, 7) is 0. The predicted molar refractivity (Wildman–Crippen MR) is 62.5 cm³/mol. The van der Waals surface area contributed by atoms with Crippen molar-refractivity contribution in [2.45, 2.75) is 46.5 Å². The van der Waals surface area contributed by atoms with Gasteiger partial charge in [-0.05, 0) is 0 Å². The number of rotatable bonds is 3. The molecule has 0 unspecified atom stereocenters. The Hall–Kier alpha value is -0.410. The average Bonchev–Trinajstić information content (AvgIpc) is 2.43. The van der Waals surface area contributed by atoms with Crippen molar-refractivity contribution in [2.75, 3.05) is 0 Å². The summed E-state index contributed by atoms with van der Waals surface area (Å²) in [4.78, 5) is 0. The second-order valence-electron chi connectivity index (χ2n) is 5.14. The molecule has 0 spiro atoms. The van der Waals surface area contributed by atoms with Crippen LogP contribution in [0.2, 0.25) is 0 Å². The molecule has 1 fully saturated rings. The van der Waals surface area contributed by atoms with Gasteiger partial charge < -0.3 is 0 Å². The van der Waals surface area contributed by atoms with Gasteiger partial charge in [-0.1, -0.05) is 0 Å². The van der Waals surface area contributed by atoms with E-state index in [2.05, 4.69) is 2.51 Å². The summed E-state index contributed by atoms with van der Waals surface area (Å²) in [6.07, 6.45) is -7.97. The molecular weight excluding hydrogens is 588 g/mol. The minimum absolute atomic E-state index is 0.456. The van der Waals surface area contributed by atoms with Crippen LogP contribution in [0.3, 0.4) is 0 Å². The van der Waals surface area contributed by atoms with Crippen molar-refractivity contribution in [3.8, 4) is 0 Å². The highest BCUT2D eigenvalue weighted by molar-refractivity contribution is 14.1. The van der Waals surface area contributed by atoms with Gasteiger partial charge in [0, 0.05) is 0 Å². The van der Waals surface area contributed by atoms with Gasteiger partial charge in [0.1, 0.15) is 23.0 Å². The molecule has 1 rings (SSSR count). The van der Waals surface area contributed by atoms with Crippen molar-refractivity contribution in [3.05, 3.63) is 0 Å². The zero-order valence-corrected chi connectivity index (χ0v) is 14.7. The molecule has 1 saturated carbocycles. The third-order valence-electron chi connectivity index (χ3n) is 3.72. The van der Waals surface area contributed by atoms with Crippen LogP contribution in [0, 0.1) is 0 Å². The van der Waals surface area contributed by atoms with E-state index in [1.807, 2.05) is 0 Å². The molecule has 20 heteroatoms. The molecule has 0 amide bonds. The average molecular weight is 588 g/mol. The Labute approximate surface area is 157 Å². The molecule has 0 aromatic rings. The lowest BCUT2D eigenvalue weighted by atomic mass is 9.70. The van der Waals surface area contributed by atoms with E-state index < -0.39 is 79.6 Å². The Morgan fingerprint density at radius 1 is 0.607 bits per heavy atom. The second-order valence-corrected chi connectivity index (χ2v) is 7.87. The van der Waals surface area contributed by atoms with Crippen LogP contribution in [0.5, 0.6) is 0 Å². The standard InChI is InChI=1S/C8F15IO3S/c9-2(10)1(28(25,26)27-24,4(13,14)8(21,22)23)3(11,12)6(17,18)7(19,20)5(2,15)16. The molecule has 1 aliphatic rings. The minimum Gasteiger partial charge on any atom is -0.198 e. The smallest absolute Gasteiger partial charge is 0.198 e. The molecule has 0 aliphatic heterocycles. The van der Waals surface area contributed by atoms with Gasteiger partial charge in [0.25, 0.3) is 0 Å².